The van der Waals surface area contributed by atoms with Crippen molar-refractivity contribution in [2.45, 2.75) is 25.5 Å². The summed E-state index contributed by atoms with van der Waals surface area (Å²) in [4.78, 5) is 27.5. The molecular formula is C21H24ClN3O4. The molecule has 29 heavy (non-hydrogen) atoms. The standard InChI is InChI=1S/C21H24ClN3O4/c1-23(2)16-7-5-15(6-8-16)13-24(14-18-4-3-11-29-18)21(26)19-12-17(25(27)28)9-10-20(19)22/h5-10,12,18H,3-4,11,13-14H2,1-2H3. The first-order valence-corrected chi connectivity index (χ1v) is 9.84. The van der Waals surface area contributed by atoms with E-state index in [1.165, 1.54) is 18.2 Å². The molecular weight excluding hydrogens is 394 g/mol. The number of non-ortho nitro benzene ring substituents is 1. The van der Waals surface area contributed by atoms with Crippen LogP contribution in [0, 0.1) is 10.1 Å². The van der Waals surface area contributed by atoms with Crippen LogP contribution in [0.4, 0.5) is 11.4 Å². The van der Waals surface area contributed by atoms with E-state index < -0.39 is 4.92 Å². The van der Waals surface area contributed by atoms with Gasteiger partial charge in [0.05, 0.1) is 21.6 Å². The number of rotatable bonds is 7. The van der Waals surface area contributed by atoms with E-state index >= 15 is 0 Å². The predicted molar refractivity (Wildman–Crippen MR) is 113 cm³/mol. The zero-order valence-corrected chi connectivity index (χ0v) is 17.3. The smallest absolute Gasteiger partial charge is 0.270 e. The van der Waals surface area contributed by atoms with Gasteiger partial charge in [-0.25, -0.2) is 0 Å². The SMILES string of the molecule is CN(C)c1ccc(CN(CC2CCCO2)C(=O)c2cc([N+](=O)[O-])ccc2Cl)cc1. The van der Waals surface area contributed by atoms with E-state index in [0.717, 1.165) is 24.1 Å². The number of nitrogens with zero attached hydrogens (tertiary/aromatic N) is 3. The van der Waals surface area contributed by atoms with Crippen molar-refractivity contribution in [3.8, 4) is 0 Å². The Bertz CT molecular complexity index is 880. The second-order valence-corrected chi connectivity index (χ2v) is 7.71. The number of carbonyl (C=O) groups is 1. The average molecular weight is 418 g/mol. The molecule has 0 saturated carbocycles. The van der Waals surface area contributed by atoms with Crippen LogP contribution in [-0.4, -0.2) is 49.1 Å². The molecule has 1 aliphatic rings. The predicted octanol–water partition coefficient (Wildman–Crippen LogP) is 4.14. The third-order valence-corrected chi connectivity index (χ3v) is 5.28. The van der Waals surface area contributed by atoms with Crippen LogP contribution in [0.5, 0.6) is 0 Å². The van der Waals surface area contributed by atoms with Crippen molar-refractivity contribution in [3.63, 3.8) is 0 Å². The molecule has 2 aromatic carbocycles. The summed E-state index contributed by atoms with van der Waals surface area (Å²) in [5.74, 6) is -0.342. The summed E-state index contributed by atoms with van der Waals surface area (Å²) in [7, 11) is 3.93. The number of benzene rings is 2. The number of hydrogen-bond acceptors (Lipinski definition) is 5. The fraction of sp³-hybridized carbons (Fsp3) is 0.381. The molecule has 3 rings (SSSR count). The van der Waals surface area contributed by atoms with Crippen LogP contribution in [-0.2, 0) is 11.3 Å². The largest absolute Gasteiger partial charge is 0.378 e. The molecule has 1 saturated heterocycles. The molecule has 1 atom stereocenters. The Kier molecular flexibility index (Phi) is 6.71. The average Bonchev–Trinajstić information content (AvgIpc) is 3.20. The second-order valence-electron chi connectivity index (χ2n) is 7.30. The van der Waals surface area contributed by atoms with Gasteiger partial charge in [0.25, 0.3) is 11.6 Å². The highest BCUT2D eigenvalue weighted by Crippen LogP contribution is 2.25. The quantitative estimate of drug-likeness (QED) is 0.500. The van der Waals surface area contributed by atoms with Gasteiger partial charge in [0, 0.05) is 51.6 Å². The van der Waals surface area contributed by atoms with Crippen molar-refractivity contribution in [2.75, 3.05) is 32.1 Å². The fourth-order valence-electron chi connectivity index (χ4n) is 3.33. The monoisotopic (exact) mass is 417 g/mol. The van der Waals surface area contributed by atoms with Crippen molar-refractivity contribution in [2.24, 2.45) is 0 Å². The van der Waals surface area contributed by atoms with E-state index in [4.69, 9.17) is 16.3 Å². The Morgan fingerprint density at radius 3 is 2.55 bits per heavy atom. The van der Waals surface area contributed by atoms with Crippen molar-refractivity contribution in [3.05, 3.63) is 68.7 Å². The van der Waals surface area contributed by atoms with Gasteiger partial charge in [-0.2, -0.15) is 0 Å². The first kappa shape index (κ1) is 21.1. The number of anilines is 1. The van der Waals surface area contributed by atoms with Crippen LogP contribution in [0.3, 0.4) is 0 Å². The number of nitro groups is 1. The molecule has 1 aliphatic heterocycles. The Morgan fingerprint density at radius 1 is 1.24 bits per heavy atom. The lowest BCUT2D eigenvalue weighted by molar-refractivity contribution is -0.384. The van der Waals surface area contributed by atoms with Gasteiger partial charge >= 0.3 is 0 Å². The molecule has 0 spiro atoms. The number of halogens is 1. The Morgan fingerprint density at radius 2 is 1.97 bits per heavy atom. The highest BCUT2D eigenvalue weighted by atomic mass is 35.5. The van der Waals surface area contributed by atoms with Crippen molar-refractivity contribution < 1.29 is 14.5 Å². The summed E-state index contributed by atoms with van der Waals surface area (Å²) in [5.41, 5.74) is 1.99. The maximum absolute atomic E-state index is 13.3. The first-order chi connectivity index (χ1) is 13.8. The van der Waals surface area contributed by atoms with Gasteiger partial charge in [-0.05, 0) is 36.6 Å². The second kappa shape index (κ2) is 9.24. The van der Waals surface area contributed by atoms with E-state index in [2.05, 4.69) is 0 Å². The molecule has 0 radical (unpaired) electrons. The zero-order chi connectivity index (χ0) is 21.0. The van der Waals surface area contributed by atoms with Crippen LogP contribution >= 0.6 is 11.6 Å². The summed E-state index contributed by atoms with van der Waals surface area (Å²) in [6.45, 7) is 1.46. The van der Waals surface area contributed by atoms with E-state index in [9.17, 15) is 14.9 Å². The van der Waals surface area contributed by atoms with Gasteiger partial charge in [-0.15, -0.1) is 0 Å². The molecule has 0 N–H and O–H groups in total. The van der Waals surface area contributed by atoms with E-state index in [1.54, 1.807) is 4.90 Å². The number of hydrogen-bond donors (Lipinski definition) is 0. The van der Waals surface area contributed by atoms with Crippen LogP contribution in [0.25, 0.3) is 0 Å². The number of carbonyl (C=O) groups excluding carboxylic acids is 1. The third kappa shape index (κ3) is 5.25. The van der Waals surface area contributed by atoms with Gasteiger partial charge in [0.2, 0.25) is 0 Å². The molecule has 1 amide bonds. The van der Waals surface area contributed by atoms with Crippen molar-refractivity contribution in [1.29, 1.82) is 0 Å². The molecule has 7 nitrogen and oxygen atoms in total. The van der Waals surface area contributed by atoms with Crippen molar-refractivity contribution in [1.82, 2.24) is 4.90 Å². The first-order valence-electron chi connectivity index (χ1n) is 9.46. The van der Waals surface area contributed by atoms with Gasteiger partial charge in [-0.3, -0.25) is 14.9 Å². The van der Waals surface area contributed by atoms with Crippen LogP contribution in [0.1, 0.15) is 28.8 Å². The number of ether oxygens (including phenoxy) is 1. The van der Waals surface area contributed by atoms with E-state index in [-0.39, 0.29) is 28.3 Å². The fourth-order valence-corrected chi connectivity index (χ4v) is 3.53. The lowest BCUT2D eigenvalue weighted by Crippen LogP contribution is -2.37. The van der Waals surface area contributed by atoms with Gasteiger partial charge in [0.15, 0.2) is 0 Å². The molecule has 1 heterocycles. The highest BCUT2D eigenvalue weighted by molar-refractivity contribution is 6.33. The lowest BCUT2D eigenvalue weighted by atomic mass is 10.1. The van der Waals surface area contributed by atoms with Crippen LogP contribution < -0.4 is 4.90 Å². The molecule has 0 aliphatic carbocycles. The zero-order valence-electron chi connectivity index (χ0n) is 16.5. The van der Waals surface area contributed by atoms with E-state index in [0.29, 0.717) is 19.7 Å². The lowest BCUT2D eigenvalue weighted by Gasteiger charge is -2.26. The van der Waals surface area contributed by atoms with Gasteiger partial charge in [-0.1, -0.05) is 23.7 Å². The number of nitro benzene ring substituents is 1. The molecule has 1 fully saturated rings. The van der Waals surface area contributed by atoms with Gasteiger partial charge < -0.3 is 14.5 Å². The molecule has 1 unspecified atom stereocenters. The van der Waals surface area contributed by atoms with E-state index in [1.807, 2.05) is 43.3 Å². The summed E-state index contributed by atoms with van der Waals surface area (Å²) < 4.78 is 5.71. The van der Waals surface area contributed by atoms with Crippen molar-refractivity contribution >= 4 is 28.9 Å². The minimum absolute atomic E-state index is 0.0440. The summed E-state index contributed by atoms with van der Waals surface area (Å²) in [6.07, 6.45) is 1.80. The van der Waals surface area contributed by atoms with Gasteiger partial charge in [0.1, 0.15) is 0 Å². The molecule has 0 bridgehead atoms. The maximum atomic E-state index is 13.3. The Balaban J connectivity index is 1.87. The third-order valence-electron chi connectivity index (χ3n) is 4.95. The molecule has 8 heteroatoms. The van der Waals surface area contributed by atoms with Crippen LogP contribution in [0.15, 0.2) is 42.5 Å². The summed E-state index contributed by atoms with van der Waals surface area (Å²) in [5, 5.41) is 11.3. The highest BCUT2D eigenvalue weighted by Gasteiger charge is 2.26. The molecule has 0 aromatic heterocycles. The molecule has 2 aromatic rings. The topological polar surface area (TPSA) is 75.9 Å². The minimum atomic E-state index is -0.530. The molecule has 154 valence electrons. The maximum Gasteiger partial charge on any atom is 0.270 e. The normalized spacial score (nSPS) is 15.9. The summed E-state index contributed by atoms with van der Waals surface area (Å²) >= 11 is 6.21. The Labute approximate surface area is 175 Å². The Hall–Kier alpha value is -2.64. The minimum Gasteiger partial charge on any atom is -0.378 e. The number of amides is 1. The van der Waals surface area contributed by atoms with Crippen LogP contribution in [0.2, 0.25) is 5.02 Å². The summed E-state index contributed by atoms with van der Waals surface area (Å²) in [6, 6.07) is 11.9.